The molecule has 5 nitrogen and oxygen atoms in total. The van der Waals surface area contributed by atoms with Crippen LogP contribution in [0.25, 0.3) is 5.69 Å². The molecule has 2 heterocycles. The fraction of sp³-hybridized carbons (Fsp3) is 0.524. The Morgan fingerprint density at radius 1 is 1.28 bits per heavy atom. The molecular formula is C21H27F3N4O. The number of piperidine rings is 1. The van der Waals surface area contributed by atoms with Crippen LogP contribution in [0.15, 0.2) is 30.5 Å². The van der Waals surface area contributed by atoms with Crippen molar-refractivity contribution in [2.45, 2.75) is 45.8 Å². The predicted octanol–water partition coefficient (Wildman–Crippen LogP) is 4.05. The highest BCUT2D eigenvalue weighted by Gasteiger charge is 2.40. The maximum Gasteiger partial charge on any atom is 0.434 e. The molecule has 0 radical (unpaired) electrons. The highest BCUT2D eigenvalue weighted by Crippen LogP contribution is 2.33. The lowest BCUT2D eigenvalue weighted by atomic mass is 9.97. The van der Waals surface area contributed by atoms with E-state index in [1.54, 1.807) is 24.3 Å². The van der Waals surface area contributed by atoms with Crippen molar-refractivity contribution in [1.29, 1.82) is 0 Å². The van der Waals surface area contributed by atoms with Crippen LogP contribution in [0.1, 0.15) is 48.3 Å². The Hall–Kier alpha value is -2.35. The molecule has 2 aromatic rings. The standard InChI is InChI=1S/C21H27F3N4O/c1-14(2)27-10-4-5-16(13-27)11-25-20(29)18-12-26-28(19(18)21(22,23)24)17-8-6-15(3)7-9-17/h6-9,12,14,16H,4-5,10-11,13H2,1-3H3,(H,25,29). The number of rotatable bonds is 5. The molecule has 0 bridgehead atoms. The molecule has 3 rings (SSSR count). The molecule has 1 atom stereocenters. The molecule has 8 heteroatoms. The molecule has 1 fully saturated rings. The molecular weight excluding hydrogens is 381 g/mol. The van der Waals surface area contributed by atoms with E-state index < -0.39 is 23.3 Å². The van der Waals surface area contributed by atoms with Gasteiger partial charge in [-0.1, -0.05) is 17.7 Å². The van der Waals surface area contributed by atoms with Crippen molar-refractivity contribution in [3.05, 3.63) is 47.3 Å². The SMILES string of the molecule is Cc1ccc(-n2ncc(C(=O)NCC3CCCN(C(C)C)C3)c2C(F)(F)F)cc1. The van der Waals surface area contributed by atoms with Crippen LogP contribution in [0.4, 0.5) is 13.2 Å². The third kappa shape index (κ3) is 4.98. The van der Waals surface area contributed by atoms with Crippen LogP contribution in [0.3, 0.4) is 0 Å². The predicted molar refractivity (Wildman–Crippen MR) is 105 cm³/mol. The first-order valence-corrected chi connectivity index (χ1v) is 9.91. The first-order valence-electron chi connectivity index (χ1n) is 9.91. The first kappa shape index (κ1) is 21.4. The Morgan fingerprint density at radius 2 is 1.97 bits per heavy atom. The minimum Gasteiger partial charge on any atom is -0.352 e. The topological polar surface area (TPSA) is 50.2 Å². The van der Waals surface area contributed by atoms with Crippen molar-refractivity contribution in [3.8, 4) is 5.69 Å². The van der Waals surface area contributed by atoms with E-state index in [9.17, 15) is 18.0 Å². The lowest BCUT2D eigenvalue weighted by Crippen LogP contribution is -2.43. The minimum absolute atomic E-state index is 0.233. The second kappa shape index (κ2) is 8.57. The number of nitrogens with one attached hydrogen (secondary N) is 1. The molecule has 0 saturated carbocycles. The van der Waals surface area contributed by atoms with Crippen molar-refractivity contribution in [2.75, 3.05) is 19.6 Å². The molecule has 0 spiro atoms. The number of halogens is 3. The van der Waals surface area contributed by atoms with Gasteiger partial charge >= 0.3 is 6.18 Å². The van der Waals surface area contributed by atoms with E-state index in [0.29, 0.717) is 12.6 Å². The molecule has 1 aromatic heterocycles. The monoisotopic (exact) mass is 408 g/mol. The molecule has 1 aliphatic rings. The van der Waals surface area contributed by atoms with Gasteiger partial charge in [-0.2, -0.15) is 18.3 Å². The number of carbonyl (C=O) groups is 1. The average Bonchev–Trinajstić information content (AvgIpc) is 3.12. The third-order valence-electron chi connectivity index (χ3n) is 5.39. The van der Waals surface area contributed by atoms with Gasteiger partial charge in [0.2, 0.25) is 0 Å². The molecule has 1 amide bonds. The fourth-order valence-corrected chi connectivity index (χ4v) is 3.73. The molecule has 1 aliphatic heterocycles. The van der Waals surface area contributed by atoms with E-state index in [-0.39, 0.29) is 11.6 Å². The second-order valence-electron chi connectivity index (χ2n) is 7.96. The molecule has 0 aliphatic carbocycles. The van der Waals surface area contributed by atoms with Crippen molar-refractivity contribution >= 4 is 5.91 Å². The number of carbonyl (C=O) groups excluding carboxylic acids is 1. The van der Waals surface area contributed by atoms with Crippen LogP contribution in [-0.4, -0.2) is 46.3 Å². The Bertz CT molecular complexity index is 843. The number of hydrogen-bond acceptors (Lipinski definition) is 3. The minimum atomic E-state index is -4.70. The summed E-state index contributed by atoms with van der Waals surface area (Å²) in [4.78, 5) is 14.9. The first-order chi connectivity index (χ1) is 13.7. The summed E-state index contributed by atoms with van der Waals surface area (Å²) >= 11 is 0. The van der Waals surface area contributed by atoms with E-state index in [4.69, 9.17) is 0 Å². The Kier molecular flexibility index (Phi) is 6.31. The van der Waals surface area contributed by atoms with E-state index in [2.05, 4.69) is 29.2 Å². The number of aryl methyl sites for hydroxylation is 1. The molecule has 1 unspecified atom stereocenters. The van der Waals surface area contributed by atoms with Gasteiger partial charge in [0.1, 0.15) is 0 Å². The Labute approximate surface area is 168 Å². The van der Waals surface area contributed by atoms with E-state index in [1.165, 1.54) is 0 Å². The average molecular weight is 408 g/mol. The van der Waals surface area contributed by atoms with Crippen LogP contribution in [0, 0.1) is 12.8 Å². The van der Waals surface area contributed by atoms with Crippen molar-refractivity contribution in [1.82, 2.24) is 20.0 Å². The van der Waals surface area contributed by atoms with Crippen LogP contribution in [0.5, 0.6) is 0 Å². The van der Waals surface area contributed by atoms with Crippen LogP contribution in [-0.2, 0) is 6.18 Å². The summed E-state index contributed by atoms with van der Waals surface area (Å²) in [6.07, 6.45) is -1.72. The Morgan fingerprint density at radius 3 is 2.59 bits per heavy atom. The third-order valence-corrected chi connectivity index (χ3v) is 5.39. The van der Waals surface area contributed by atoms with Gasteiger partial charge in [0.05, 0.1) is 17.4 Å². The van der Waals surface area contributed by atoms with Gasteiger partial charge in [-0.15, -0.1) is 0 Å². The van der Waals surface area contributed by atoms with Crippen LogP contribution >= 0.6 is 0 Å². The fourth-order valence-electron chi connectivity index (χ4n) is 3.73. The lowest BCUT2D eigenvalue weighted by molar-refractivity contribution is -0.143. The molecule has 1 aromatic carbocycles. The van der Waals surface area contributed by atoms with Gasteiger partial charge in [0, 0.05) is 19.1 Å². The van der Waals surface area contributed by atoms with Gasteiger partial charge in [0.25, 0.3) is 5.91 Å². The van der Waals surface area contributed by atoms with Gasteiger partial charge in [-0.3, -0.25) is 4.79 Å². The maximum absolute atomic E-state index is 13.8. The molecule has 29 heavy (non-hydrogen) atoms. The summed E-state index contributed by atoms with van der Waals surface area (Å²) in [7, 11) is 0. The second-order valence-corrected chi connectivity index (χ2v) is 7.96. The highest BCUT2D eigenvalue weighted by atomic mass is 19.4. The van der Waals surface area contributed by atoms with Crippen molar-refractivity contribution < 1.29 is 18.0 Å². The van der Waals surface area contributed by atoms with Gasteiger partial charge in [-0.05, 0) is 58.2 Å². The van der Waals surface area contributed by atoms with Crippen molar-refractivity contribution in [3.63, 3.8) is 0 Å². The van der Waals surface area contributed by atoms with E-state index >= 15 is 0 Å². The number of benzene rings is 1. The van der Waals surface area contributed by atoms with Crippen molar-refractivity contribution in [2.24, 2.45) is 5.92 Å². The van der Waals surface area contributed by atoms with Crippen LogP contribution in [0.2, 0.25) is 0 Å². The van der Waals surface area contributed by atoms with E-state index in [1.807, 2.05) is 6.92 Å². The molecule has 158 valence electrons. The smallest absolute Gasteiger partial charge is 0.352 e. The summed E-state index contributed by atoms with van der Waals surface area (Å²) in [6, 6.07) is 6.95. The van der Waals surface area contributed by atoms with E-state index in [0.717, 1.165) is 42.4 Å². The number of hydrogen-bond donors (Lipinski definition) is 1. The zero-order valence-electron chi connectivity index (χ0n) is 17.0. The van der Waals surface area contributed by atoms with Gasteiger partial charge < -0.3 is 10.2 Å². The largest absolute Gasteiger partial charge is 0.434 e. The summed E-state index contributed by atoms with van der Waals surface area (Å²) < 4.78 is 42.1. The quantitative estimate of drug-likeness (QED) is 0.812. The summed E-state index contributed by atoms with van der Waals surface area (Å²) in [5.74, 6) is -0.506. The number of amides is 1. The zero-order chi connectivity index (χ0) is 21.2. The number of aromatic nitrogens is 2. The summed E-state index contributed by atoms with van der Waals surface area (Å²) in [5, 5.41) is 6.56. The highest BCUT2D eigenvalue weighted by molar-refractivity contribution is 5.95. The van der Waals surface area contributed by atoms with Gasteiger partial charge in [-0.25, -0.2) is 4.68 Å². The zero-order valence-corrected chi connectivity index (χ0v) is 17.0. The van der Waals surface area contributed by atoms with Gasteiger partial charge in [0.15, 0.2) is 5.69 Å². The number of nitrogens with zero attached hydrogens (tertiary/aromatic N) is 3. The Balaban J connectivity index is 1.77. The number of likely N-dealkylation sites (tertiary alicyclic amines) is 1. The van der Waals surface area contributed by atoms with Crippen LogP contribution < -0.4 is 5.32 Å². The normalized spacial score (nSPS) is 18.2. The summed E-state index contributed by atoms with van der Waals surface area (Å²) in [6.45, 7) is 8.31. The number of alkyl halides is 3. The summed E-state index contributed by atoms with van der Waals surface area (Å²) in [5.41, 5.74) is -0.307. The maximum atomic E-state index is 13.8. The molecule has 1 N–H and O–H groups in total. The molecule has 1 saturated heterocycles. The lowest BCUT2D eigenvalue weighted by Gasteiger charge is -2.35.